The molecule has 0 aliphatic rings. The zero-order valence-electron chi connectivity index (χ0n) is 18.9. The number of nitrogens with one attached hydrogen (secondary N) is 1. The SMILES string of the molecule is CCCCNC(=O)C(O[Si](C)(C)C(C)(C)C)C(c1ccccc1)c1ccccc1. The second kappa shape index (κ2) is 10.2. The average molecular weight is 412 g/mol. The summed E-state index contributed by atoms with van der Waals surface area (Å²) in [5.41, 5.74) is 2.21. The lowest BCUT2D eigenvalue weighted by atomic mass is 9.86. The van der Waals surface area contributed by atoms with Gasteiger partial charge in [0.25, 0.3) is 0 Å². The molecule has 4 heteroatoms. The van der Waals surface area contributed by atoms with Gasteiger partial charge in [-0.3, -0.25) is 4.79 Å². The Hall–Kier alpha value is -1.91. The van der Waals surface area contributed by atoms with Crippen molar-refractivity contribution in [1.82, 2.24) is 5.32 Å². The van der Waals surface area contributed by atoms with Crippen molar-refractivity contribution in [2.75, 3.05) is 6.54 Å². The zero-order valence-corrected chi connectivity index (χ0v) is 19.9. The van der Waals surface area contributed by atoms with E-state index in [9.17, 15) is 4.79 Å². The van der Waals surface area contributed by atoms with Crippen LogP contribution in [0.2, 0.25) is 18.1 Å². The smallest absolute Gasteiger partial charge is 0.248 e. The lowest BCUT2D eigenvalue weighted by Crippen LogP contribution is -2.51. The van der Waals surface area contributed by atoms with Crippen molar-refractivity contribution in [2.45, 2.75) is 70.7 Å². The number of unbranched alkanes of at least 4 members (excludes halogenated alkanes) is 1. The third-order valence-corrected chi connectivity index (χ3v) is 10.4. The lowest BCUT2D eigenvalue weighted by molar-refractivity contribution is -0.129. The number of benzene rings is 2. The Labute approximate surface area is 178 Å². The maximum Gasteiger partial charge on any atom is 0.248 e. The first-order valence-corrected chi connectivity index (χ1v) is 13.6. The van der Waals surface area contributed by atoms with Crippen molar-refractivity contribution in [3.63, 3.8) is 0 Å². The van der Waals surface area contributed by atoms with E-state index in [1.807, 2.05) is 36.4 Å². The fraction of sp³-hybridized carbons (Fsp3) is 0.480. The van der Waals surface area contributed by atoms with E-state index in [2.05, 4.69) is 70.4 Å². The van der Waals surface area contributed by atoms with Gasteiger partial charge in [-0.1, -0.05) is 94.8 Å². The number of hydrogen-bond donors (Lipinski definition) is 1. The first kappa shape index (κ1) is 23.4. The highest BCUT2D eigenvalue weighted by Gasteiger charge is 2.43. The van der Waals surface area contributed by atoms with Crippen LogP contribution in [0.25, 0.3) is 0 Å². The number of carbonyl (C=O) groups is 1. The fourth-order valence-electron chi connectivity index (χ4n) is 3.12. The van der Waals surface area contributed by atoms with E-state index in [1.54, 1.807) is 0 Å². The van der Waals surface area contributed by atoms with Gasteiger partial charge in [-0.2, -0.15) is 0 Å². The molecule has 0 aliphatic heterocycles. The predicted octanol–water partition coefficient (Wildman–Crippen LogP) is 6.13. The highest BCUT2D eigenvalue weighted by molar-refractivity contribution is 6.74. The Kier molecular flexibility index (Phi) is 8.23. The monoisotopic (exact) mass is 411 g/mol. The molecule has 1 N–H and O–H groups in total. The zero-order chi connectivity index (χ0) is 21.5. The van der Waals surface area contributed by atoms with Crippen LogP contribution in [0.5, 0.6) is 0 Å². The molecular formula is C25H37NO2Si. The van der Waals surface area contributed by atoms with Crippen LogP contribution in [0.4, 0.5) is 0 Å². The maximum absolute atomic E-state index is 13.4. The summed E-state index contributed by atoms with van der Waals surface area (Å²) in [6.45, 7) is 13.9. The molecule has 1 atom stereocenters. The van der Waals surface area contributed by atoms with E-state index in [0.29, 0.717) is 6.54 Å². The Balaban J connectivity index is 2.50. The quantitative estimate of drug-likeness (QED) is 0.398. The molecule has 158 valence electrons. The number of carbonyl (C=O) groups excluding carboxylic acids is 1. The van der Waals surface area contributed by atoms with Gasteiger partial charge in [0, 0.05) is 12.5 Å². The normalized spacial score (nSPS) is 13.3. The molecule has 2 aromatic carbocycles. The van der Waals surface area contributed by atoms with Gasteiger partial charge in [0.05, 0.1) is 0 Å². The molecule has 0 bridgehead atoms. The van der Waals surface area contributed by atoms with E-state index >= 15 is 0 Å². The summed E-state index contributed by atoms with van der Waals surface area (Å²) >= 11 is 0. The van der Waals surface area contributed by atoms with E-state index in [4.69, 9.17) is 4.43 Å². The van der Waals surface area contributed by atoms with Crippen molar-refractivity contribution in [3.05, 3.63) is 71.8 Å². The second-order valence-corrected chi connectivity index (χ2v) is 14.0. The minimum Gasteiger partial charge on any atom is -0.404 e. The summed E-state index contributed by atoms with van der Waals surface area (Å²) in [5, 5.41) is 3.16. The van der Waals surface area contributed by atoms with Gasteiger partial charge in [-0.05, 0) is 35.7 Å². The van der Waals surface area contributed by atoms with E-state index in [0.717, 1.165) is 24.0 Å². The summed E-state index contributed by atoms with van der Waals surface area (Å²) < 4.78 is 6.79. The minimum absolute atomic E-state index is 0.0130. The third kappa shape index (κ3) is 6.28. The molecule has 3 nitrogen and oxygen atoms in total. The van der Waals surface area contributed by atoms with E-state index in [1.165, 1.54) is 0 Å². The predicted molar refractivity (Wildman–Crippen MR) is 125 cm³/mol. The van der Waals surface area contributed by atoms with Crippen LogP contribution >= 0.6 is 0 Å². The van der Waals surface area contributed by atoms with Gasteiger partial charge in [0.15, 0.2) is 8.32 Å². The molecule has 1 amide bonds. The van der Waals surface area contributed by atoms with Crippen molar-refractivity contribution >= 4 is 14.2 Å². The van der Waals surface area contributed by atoms with Gasteiger partial charge in [-0.15, -0.1) is 0 Å². The summed E-state index contributed by atoms with van der Waals surface area (Å²) in [6.07, 6.45) is 1.46. The van der Waals surface area contributed by atoms with Gasteiger partial charge < -0.3 is 9.74 Å². The topological polar surface area (TPSA) is 38.3 Å². The summed E-state index contributed by atoms with van der Waals surface area (Å²) in [7, 11) is -2.17. The van der Waals surface area contributed by atoms with Crippen LogP contribution in [-0.2, 0) is 9.22 Å². The molecule has 1 unspecified atom stereocenters. The molecule has 0 aliphatic carbocycles. The molecule has 29 heavy (non-hydrogen) atoms. The third-order valence-electron chi connectivity index (χ3n) is 5.94. The lowest BCUT2D eigenvalue weighted by Gasteiger charge is -2.41. The molecule has 0 fully saturated rings. The highest BCUT2D eigenvalue weighted by atomic mass is 28.4. The molecule has 2 rings (SSSR count). The van der Waals surface area contributed by atoms with Gasteiger partial charge in [-0.25, -0.2) is 0 Å². The first-order chi connectivity index (χ1) is 13.7. The van der Waals surface area contributed by atoms with Crippen molar-refractivity contribution < 1.29 is 9.22 Å². The molecule has 0 saturated heterocycles. The van der Waals surface area contributed by atoms with Crippen LogP contribution in [0.3, 0.4) is 0 Å². The Morgan fingerprint density at radius 1 is 0.966 bits per heavy atom. The van der Waals surface area contributed by atoms with Crippen LogP contribution in [-0.4, -0.2) is 26.9 Å². The van der Waals surface area contributed by atoms with Crippen molar-refractivity contribution in [1.29, 1.82) is 0 Å². The summed E-state index contributed by atoms with van der Waals surface area (Å²) in [4.78, 5) is 13.4. The standard InChI is InChI=1S/C25H37NO2Si/c1-7-8-19-26-24(27)23(28-29(5,6)25(2,3)4)22(20-15-11-9-12-16-20)21-17-13-10-14-18-21/h9-18,22-23H,7-8,19H2,1-6H3,(H,26,27). The number of amides is 1. The molecule has 2 aromatic rings. The van der Waals surface area contributed by atoms with E-state index < -0.39 is 14.4 Å². The second-order valence-electron chi connectivity index (χ2n) is 9.24. The number of rotatable bonds is 9. The fourth-order valence-corrected chi connectivity index (χ4v) is 4.35. The Morgan fingerprint density at radius 2 is 1.45 bits per heavy atom. The molecule has 0 saturated carbocycles. The summed E-state index contributed by atoms with van der Waals surface area (Å²) in [6, 6.07) is 20.5. The minimum atomic E-state index is -2.17. The highest BCUT2D eigenvalue weighted by Crippen LogP contribution is 2.40. The first-order valence-electron chi connectivity index (χ1n) is 10.7. The van der Waals surface area contributed by atoms with Crippen molar-refractivity contribution in [2.24, 2.45) is 0 Å². The molecule has 0 heterocycles. The Morgan fingerprint density at radius 3 is 1.86 bits per heavy atom. The van der Waals surface area contributed by atoms with Crippen LogP contribution in [0.1, 0.15) is 57.6 Å². The Bertz CT molecular complexity index is 714. The molecule has 0 radical (unpaired) electrons. The maximum atomic E-state index is 13.4. The van der Waals surface area contributed by atoms with Crippen LogP contribution in [0, 0.1) is 0 Å². The van der Waals surface area contributed by atoms with Crippen LogP contribution in [0.15, 0.2) is 60.7 Å². The largest absolute Gasteiger partial charge is 0.404 e. The summed E-state index contributed by atoms with van der Waals surface area (Å²) in [5.74, 6) is -0.158. The van der Waals surface area contributed by atoms with Gasteiger partial charge >= 0.3 is 0 Å². The molecule has 0 spiro atoms. The number of hydrogen-bond acceptors (Lipinski definition) is 2. The van der Waals surface area contributed by atoms with Crippen LogP contribution < -0.4 is 5.32 Å². The van der Waals surface area contributed by atoms with Gasteiger partial charge in [0.2, 0.25) is 5.91 Å². The molecular weight excluding hydrogens is 374 g/mol. The van der Waals surface area contributed by atoms with Crippen molar-refractivity contribution in [3.8, 4) is 0 Å². The van der Waals surface area contributed by atoms with Gasteiger partial charge in [0.1, 0.15) is 6.10 Å². The molecule has 0 aromatic heterocycles. The van der Waals surface area contributed by atoms with E-state index in [-0.39, 0.29) is 16.9 Å². The average Bonchev–Trinajstić information content (AvgIpc) is 2.68.